The molecule has 0 aliphatic heterocycles. The van der Waals surface area contributed by atoms with Crippen LogP contribution < -0.4 is 11.3 Å². The summed E-state index contributed by atoms with van der Waals surface area (Å²) in [5, 5.41) is -0.0194. The van der Waals surface area contributed by atoms with E-state index in [4.69, 9.17) is 5.84 Å². The average molecular weight is 218 g/mol. The molecular formula is C10H22N2OS. The van der Waals surface area contributed by atoms with E-state index in [-0.39, 0.29) is 11.2 Å². The molecule has 0 aliphatic rings. The van der Waals surface area contributed by atoms with Gasteiger partial charge in [0.05, 0.1) is 5.25 Å². The molecule has 0 fully saturated rings. The number of nitrogens with one attached hydrogen (secondary N) is 1. The SMILES string of the molecule is CCC(C)CSC(C(=O)NN)C(C)C. The molecule has 0 bridgehead atoms. The molecule has 0 rings (SSSR count). The number of hydrazine groups is 1. The van der Waals surface area contributed by atoms with Crippen LogP contribution in [-0.2, 0) is 4.79 Å². The molecule has 2 unspecified atom stereocenters. The second-order valence-electron chi connectivity index (χ2n) is 4.02. The first-order valence-corrected chi connectivity index (χ1v) is 6.19. The van der Waals surface area contributed by atoms with Gasteiger partial charge >= 0.3 is 0 Å². The molecule has 0 aromatic rings. The Balaban J connectivity index is 4.04. The highest BCUT2D eigenvalue weighted by Gasteiger charge is 2.22. The molecule has 0 aromatic heterocycles. The molecule has 0 aromatic carbocycles. The Morgan fingerprint density at radius 2 is 2.00 bits per heavy atom. The number of nitrogens with two attached hydrogens (primary N) is 1. The molecule has 0 saturated carbocycles. The Hall–Kier alpha value is -0.220. The Bertz CT molecular complexity index is 174. The van der Waals surface area contributed by atoms with Gasteiger partial charge in [-0.3, -0.25) is 10.2 Å². The summed E-state index contributed by atoms with van der Waals surface area (Å²) in [4.78, 5) is 11.4. The van der Waals surface area contributed by atoms with Gasteiger partial charge in [-0.2, -0.15) is 0 Å². The third-order valence-corrected chi connectivity index (χ3v) is 4.14. The van der Waals surface area contributed by atoms with Crippen molar-refractivity contribution in [1.29, 1.82) is 0 Å². The predicted octanol–water partition coefficient (Wildman–Crippen LogP) is 1.78. The maximum atomic E-state index is 11.4. The van der Waals surface area contributed by atoms with Crippen LogP contribution in [0, 0.1) is 11.8 Å². The van der Waals surface area contributed by atoms with E-state index in [1.807, 2.05) is 13.8 Å². The molecule has 84 valence electrons. The zero-order chi connectivity index (χ0) is 11.1. The van der Waals surface area contributed by atoms with Gasteiger partial charge in [0.15, 0.2) is 0 Å². The van der Waals surface area contributed by atoms with E-state index >= 15 is 0 Å². The standard InChI is InChI=1S/C10H22N2OS/c1-5-8(4)6-14-9(7(2)3)10(13)12-11/h7-9H,5-6,11H2,1-4H3,(H,12,13). The van der Waals surface area contributed by atoms with Crippen molar-refractivity contribution < 1.29 is 4.79 Å². The van der Waals surface area contributed by atoms with Crippen LogP contribution in [0.1, 0.15) is 34.1 Å². The molecule has 3 N–H and O–H groups in total. The zero-order valence-electron chi connectivity index (χ0n) is 9.54. The number of hydrogen-bond acceptors (Lipinski definition) is 3. The van der Waals surface area contributed by atoms with Crippen LogP contribution in [-0.4, -0.2) is 16.9 Å². The fraction of sp³-hybridized carbons (Fsp3) is 0.900. The summed E-state index contributed by atoms with van der Waals surface area (Å²) in [6.45, 7) is 8.45. The van der Waals surface area contributed by atoms with E-state index in [2.05, 4.69) is 19.3 Å². The lowest BCUT2D eigenvalue weighted by molar-refractivity contribution is -0.121. The zero-order valence-corrected chi connectivity index (χ0v) is 10.4. The molecule has 0 saturated heterocycles. The van der Waals surface area contributed by atoms with Gasteiger partial charge in [-0.15, -0.1) is 11.8 Å². The maximum Gasteiger partial charge on any atom is 0.247 e. The van der Waals surface area contributed by atoms with E-state index in [1.165, 1.54) is 0 Å². The normalized spacial score (nSPS) is 15.3. The van der Waals surface area contributed by atoms with Crippen molar-refractivity contribution in [3.8, 4) is 0 Å². The summed E-state index contributed by atoms with van der Waals surface area (Å²) < 4.78 is 0. The van der Waals surface area contributed by atoms with Crippen LogP contribution in [0.4, 0.5) is 0 Å². The van der Waals surface area contributed by atoms with E-state index < -0.39 is 0 Å². The topological polar surface area (TPSA) is 55.1 Å². The Kier molecular flexibility index (Phi) is 7.01. The fourth-order valence-electron chi connectivity index (χ4n) is 1.04. The van der Waals surface area contributed by atoms with Crippen molar-refractivity contribution in [2.24, 2.45) is 17.7 Å². The molecule has 0 aliphatic carbocycles. The third kappa shape index (κ3) is 4.86. The molecule has 14 heavy (non-hydrogen) atoms. The van der Waals surface area contributed by atoms with E-state index in [0.717, 1.165) is 12.2 Å². The van der Waals surface area contributed by atoms with Crippen LogP contribution in [0.25, 0.3) is 0 Å². The number of amides is 1. The van der Waals surface area contributed by atoms with Crippen molar-refractivity contribution in [3.63, 3.8) is 0 Å². The van der Waals surface area contributed by atoms with Crippen molar-refractivity contribution in [1.82, 2.24) is 5.43 Å². The van der Waals surface area contributed by atoms with Gasteiger partial charge in [0.1, 0.15) is 0 Å². The Morgan fingerprint density at radius 1 is 1.43 bits per heavy atom. The summed E-state index contributed by atoms with van der Waals surface area (Å²) in [6, 6.07) is 0. The summed E-state index contributed by atoms with van der Waals surface area (Å²) in [7, 11) is 0. The van der Waals surface area contributed by atoms with Crippen molar-refractivity contribution in [2.75, 3.05) is 5.75 Å². The lowest BCUT2D eigenvalue weighted by Gasteiger charge is -2.20. The molecule has 0 radical (unpaired) electrons. The number of carbonyl (C=O) groups is 1. The molecule has 1 amide bonds. The molecule has 0 heterocycles. The minimum Gasteiger partial charge on any atom is -0.293 e. The van der Waals surface area contributed by atoms with Gasteiger partial charge in [-0.05, 0) is 17.6 Å². The van der Waals surface area contributed by atoms with Gasteiger partial charge in [-0.25, -0.2) is 5.84 Å². The minimum absolute atomic E-state index is 0.0194. The Morgan fingerprint density at radius 3 is 2.36 bits per heavy atom. The number of thioether (sulfide) groups is 1. The van der Waals surface area contributed by atoms with Crippen LogP contribution in [0.15, 0.2) is 0 Å². The first-order valence-electron chi connectivity index (χ1n) is 5.14. The maximum absolute atomic E-state index is 11.4. The fourth-order valence-corrected chi connectivity index (χ4v) is 2.41. The van der Waals surface area contributed by atoms with Gasteiger partial charge < -0.3 is 0 Å². The lowest BCUT2D eigenvalue weighted by atomic mass is 10.1. The van der Waals surface area contributed by atoms with Crippen LogP contribution in [0.2, 0.25) is 0 Å². The van der Waals surface area contributed by atoms with Gasteiger partial charge in [0.25, 0.3) is 0 Å². The predicted molar refractivity (Wildman–Crippen MR) is 62.9 cm³/mol. The first-order chi connectivity index (χ1) is 6.52. The summed E-state index contributed by atoms with van der Waals surface area (Å²) in [5.74, 6) is 7.08. The first kappa shape index (κ1) is 13.8. The molecule has 4 heteroatoms. The third-order valence-electron chi connectivity index (χ3n) is 2.26. The van der Waals surface area contributed by atoms with Crippen molar-refractivity contribution in [3.05, 3.63) is 0 Å². The van der Waals surface area contributed by atoms with Gasteiger partial charge in [-0.1, -0.05) is 34.1 Å². The van der Waals surface area contributed by atoms with Crippen LogP contribution in [0.3, 0.4) is 0 Å². The van der Waals surface area contributed by atoms with E-state index in [1.54, 1.807) is 11.8 Å². The highest BCUT2D eigenvalue weighted by Crippen LogP contribution is 2.22. The number of carbonyl (C=O) groups excluding carboxylic acids is 1. The van der Waals surface area contributed by atoms with Crippen molar-refractivity contribution in [2.45, 2.75) is 39.4 Å². The largest absolute Gasteiger partial charge is 0.293 e. The molecule has 3 nitrogen and oxygen atoms in total. The highest BCUT2D eigenvalue weighted by atomic mass is 32.2. The molecule has 0 spiro atoms. The Labute approximate surface area is 91.2 Å². The molecular weight excluding hydrogens is 196 g/mol. The number of rotatable bonds is 6. The molecule has 2 atom stereocenters. The van der Waals surface area contributed by atoms with E-state index in [0.29, 0.717) is 11.8 Å². The quantitative estimate of drug-likeness (QED) is 0.406. The minimum atomic E-state index is -0.0618. The second-order valence-corrected chi connectivity index (χ2v) is 5.19. The second kappa shape index (κ2) is 7.12. The van der Waals surface area contributed by atoms with Gasteiger partial charge in [0.2, 0.25) is 5.91 Å². The average Bonchev–Trinajstić information content (AvgIpc) is 2.16. The van der Waals surface area contributed by atoms with Gasteiger partial charge in [0, 0.05) is 0 Å². The van der Waals surface area contributed by atoms with Crippen LogP contribution >= 0.6 is 11.8 Å². The highest BCUT2D eigenvalue weighted by molar-refractivity contribution is 8.00. The lowest BCUT2D eigenvalue weighted by Crippen LogP contribution is -2.40. The van der Waals surface area contributed by atoms with Crippen molar-refractivity contribution >= 4 is 17.7 Å². The monoisotopic (exact) mass is 218 g/mol. The summed E-state index contributed by atoms with van der Waals surface area (Å²) in [5.41, 5.74) is 2.23. The summed E-state index contributed by atoms with van der Waals surface area (Å²) >= 11 is 1.70. The number of hydrogen-bond donors (Lipinski definition) is 2. The summed E-state index contributed by atoms with van der Waals surface area (Å²) in [6.07, 6.45) is 1.15. The smallest absolute Gasteiger partial charge is 0.247 e. The van der Waals surface area contributed by atoms with Crippen LogP contribution in [0.5, 0.6) is 0 Å². The van der Waals surface area contributed by atoms with E-state index in [9.17, 15) is 4.79 Å².